The first-order chi connectivity index (χ1) is 13.4. The summed E-state index contributed by atoms with van der Waals surface area (Å²) < 4.78 is 11.3. The van der Waals surface area contributed by atoms with Gasteiger partial charge in [-0.15, -0.1) is 0 Å². The zero-order chi connectivity index (χ0) is 20.4. The predicted molar refractivity (Wildman–Crippen MR) is 114 cm³/mol. The SMILES string of the molecule is CC(C)CCOc1ccc(NC(=O)CNCc2ccc(OC(C)C)cc2)cc1. The third-order valence-corrected chi connectivity index (χ3v) is 4.01. The minimum atomic E-state index is -0.0757. The molecule has 0 saturated carbocycles. The van der Waals surface area contributed by atoms with Gasteiger partial charge in [-0.1, -0.05) is 26.0 Å². The molecule has 28 heavy (non-hydrogen) atoms. The maximum Gasteiger partial charge on any atom is 0.238 e. The molecule has 0 aliphatic heterocycles. The number of hydrogen-bond donors (Lipinski definition) is 2. The van der Waals surface area contributed by atoms with Crippen LogP contribution in [0.4, 0.5) is 5.69 Å². The number of benzene rings is 2. The summed E-state index contributed by atoms with van der Waals surface area (Å²) in [7, 11) is 0. The van der Waals surface area contributed by atoms with Gasteiger partial charge in [0.15, 0.2) is 0 Å². The predicted octanol–water partition coefficient (Wildman–Crippen LogP) is 4.63. The maximum absolute atomic E-state index is 12.1. The molecule has 0 atom stereocenters. The van der Waals surface area contributed by atoms with E-state index in [0.29, 0.717) is 19.1 Å². The van der Waals surface area contributed by atoms with Crippen LogP contribution in [0.15, 0.2) is 48.5 Å². The largest absolute Gasteiger partial charge is 0.494 e. The van der Waals surface area contributed by atoms with Crippen molar-refractivity contribution in [3.63, 3.8) is 0 Å². The summed E-state index contributed by atoms with van der Waals surface area (Å²) in [4.78, 5) is 12.1. The lowest BCUT2D eigenvalue weighted by molar-refractivity contribution is -0.115. The Morgan fingerprint density at radius 3 is 2.18 bits per heavy atom. The lowest BCUT2D eigenvalue weighted by Gasteiger charge is -2.11. The fourth-order valence-electron chi connectivity index (χ4n) is 2.53. The van der Waals surface area contributed by atoms with Crippen LogP contribution in [0.1, 0.15) is 39.7 Å². The minimum absolute atomic E-state index is 0.0757. The topological polar surface area (TPSA) is 59.6 Å². The second-order valence-electron chi connectivity index (χ2n) is 7.52. The monoisotopic (exact) mass is 384 g/mol. The van der Waals surface area contributed by atoms with Gasteiger partial charge in [0, 0.05) is 12.2 Å². The van der Waals surface area contributed by atoms with Crippen molar-refractivity contribution in [3.05, 3.63) is 54.1 Å². The van der Waals surface area contributed by atoms with Gasteiger partial charge in [0.1, 0.15) is 11.5 Å². The first-order valence-corrected chi connectivity index (χ1v) is 9.91. The van der Waals surface area contributed by atoms with Gasteiger partial charge in [0.25, 0.3) is 0 Å². The molecular formula is C23H32N2O3. The van der Waals surface area contributed by atoms with Gasteiger partial charge in [-0.05, 0) is 68.1 Å². The molecule has 5 nitrogen and oxygen atoms in total. The van der Waals surface area contributed by atoms with Crippen molar-refractivity contribution < 1.29 is 14.3 Å². The van der Waals surface area contributed by atoms with Gasteiger partial charge in [0.2, 0.25) is 5.91 Å². The fraction of sp³-hybridized carbons (Fsp3) is 0.435. The van der Waals surface area contributed by atoms with Crippen molar-refractivity contribution in [1.29, 1.82) is 0 Å². The highest BCUT2D eigenvalue weighted by Gasteiger charge is 2.04. The van der Waals surface area contributed by atoms with Gasteiger partial charge in [-0.25, -0.2) is 0 Å². The van der Waals surface area contributed by atoms with E-state index in [1.54, 1.807) is 0 Å². The molecule has 0 aliphatic rings. The minimum Gasteiger partial charge on any atom is -0.494 e. The third-order valence-electron chi connectivity index (χ3n) is 4.01. The summed E-state index contributed by atoms with van der Waals surface area (Å²) in [6, 6.07) is 15.4. The van der Waals surface area contributed by atoms with Crippen LogP contribution in [0.5, 0.6) is 11.5 Å². The Balaban J connectivity index is 1.69. The van der Waals surface area contributed by atoms with Crippen molar-refractivity contribution in [2.24, 2.45) is 5.92 Å². The van der Waals surface area contributed by atoms with Crippen LogP contribution >= 0.6 is 0 Å². The lowest BCUT2D eigenvalue weighted by Crippen LogP contribution is -2.27. The summed E-state index contributed by atoms with van der Waals surface area (Å²) in [5.74, 6) is 2.22. The number of carbonyl (C=O) groups is 1. The summed E-state index contributed by atoms with van der Waals surface area (Å²) >= 11 is 0. The van der Waals surface area contributed by atoms with Crippen molar-refractivity contribution >= 4 is 11.6 Å². The van der Waals surface area contributed by atoms with Gasteiger partial charge >= 0.3 is 0 Å². The summed E-state index contributed by atoms with van der Waals surface area (Å²) in [6.07, 6.45) is 1.19. The molecule has 0 aromatic heterocycles. The first kappa shape index (κ1) is 21.8. The molecule has 0 aliphatic carbocycles. The van der Waals surface area contributed by atoms with Gasteiger partial charge < -0.3 is 20.1 Å². The molecule has 2 aromatic carbocycles. The highest BCUT2D eigenvalue weighted by Crippen LogP contribution is 2.16. The number of rotatable bonds is 11. The maximum atomic E-state index is 12.1. The third kappa shape index (κ3) is 8.44. The quantitative estimate of drug-likeness (QED) is 0.593. The van der Waals surface area contributed by atoms with Gasteiger partial charge in [-0.2, -0.15) is 0 Å². The molecule has 2 aromatic rings. The molecule has 1 amide bonds. The van der Waals surface area contributed by atoms with Crippen LogP contribution in [-0.4, -0.2) is 25.2 Å². The standard InChI is InChI=1S/C23H32N2O3/c1-17(2)13-14-27-21-11-7-20(8-12-21)25-23(26)16-24-15-19-5-9-22(10-6-19)28-18(3)4/h5-12,17-18,24H,13-16H2,1-4H3,(H,25,26). The molecule has 0 bridgehead atoms. The van der Waals surface area contributed by atoms with E-state index in [-0.39, 0.29) is 18.6 Å². The molecule has 0 fully saturated rings. The van der Waals surface area contributed by atoms with E-state index >= 15 is 0 Å². The van der Waals surface area contributed by atoms with Crippen molar-refractivity contribution in [1.82, 2.24) is 5.32 Å². The fourth-order valence-corrected chi connectivity index (χ4v) is 2.53. The molecule has 152 valence electrons. The molecular weight excluding hydrogens is 352 g/mol. The van der Waals surface area contributed by atoms with E-state index in [0.717, 1.165) is 29.2 Å². The van der Waals surface area contributed by atoms with Crippen LogP contribution < -0.4 is 20.1 Å². The van der Waals surface area contributed by atoms with Crippen LogP contribution in [0.2, 0.25) is 0 Å². The summed E-state index contributed by atoms with van der Waals surface area (Å²) in [5, 5.41) is 6.04. The van der Waals surface area contributed by atoms with E-state index < -0.39 is 0 Å². The number of hydrogen-bond acceptors (Lipinski definition) is 4. The van der Waals surface area contributed by atoms with Crippen molar-refractivity contribution in [2.75, 3.05) is 18.5 Å². The number of nitrogens with one attached hydrogen (secondary N) is 2. The van der Waals surface area contributed by atoms with Crippen molar-refractivity contribution in [2.45, 2.75) is 46.8 Å². The Kier molecular flexibility index (Phi) is 8.82. The normalized spacial score (nSPS) is 10.9. The number of ether oxygens (including phenoxy) is 2. The Labute approximate surface area is 168 Å². The van der Waals surface area contributed by atoms with Crippen LogP contribution in [0, 0.1) is 5.92 Å². The van der Waals surface area contributed by atoms with Crippen LogP contribution in [0.25, 0.3) is 0 Å². The van der Waals surface area contributed by atoms with Crippen LogP contribution in [-0.2, 0) is 11.3 Å². The Bertz CT molecular complexity index is 710. The Hall–Kier alpha value is -2.53. The molecule has 0 heterocycles. The molecule has 2 N–H and O–H groups in total. The lowest BCUT2D eigenvalue weighted by atomic mass is 10.1. The van der Waals surface area contributed by atoms with E-state index in [4.69, 9.17) is 9.47 Å². The summed E-state index contributed by atoms with van der Waals surface area (Å²) in [6.45, 7) is 9.93. The van der Waals surface area contributed by atoms with Crippen molar-refractivity contribution in [3.8, 4) is 11.5 Å². The highest BCUT2D eigenvalue weighted by molar-refractivity contribution is 5.92. The molecule has 0 unspecified atom stereocenters. The summed E-state index contributed by atoms with van der Waals surface area (Å²) in [5.41, 5.74) is 1.87. The smallest absolute Gasteiger partial charge is 0.238 e. The molecule has 0 saturated heterocycles. The number of carbonyl (C=O) groups excluding carboxylic acids is 1. The van der Waals surface area contributed by atoms with E-state index in [1.807, 2.05) is 62.4 Å². The van der Waals surface area contributed by atoms with E-state index in [2.05, 4.69) is 24.5 Å². The number of anilines is 1. The average molecular weight is 385 g/mol. The first-order valence-electron chi connectivity index (χ1n) is 9.91. The molecule has 5 heteroatoms. The second-order valence-corrected chi connectivity index (χ2v) is 7.52. The van der Waals surface area contributed by atoms with Crippen LogP contribution in [0.3, 0.4) is 0 Å². The molecule has 0 spiro atoms. The average Bonchev–Trinajstić information content (AvgIpc) is 2.64. The zero-order valence-corrected chi connectivity index (χ0v) is 17.3. The Morgan fingerprint density at radius 2 is 1.57 bits per heavy atom. The van der Waals surface area contributed by atoms with Gasteiger partial charge in [0.05, 0.1) is 19.3 Å². The van der Waals surface area contributed by atoms with Gasteiger partial charge in [-0.3, -0.25) is 4.79 Å². The zero-order valence-electron chi connectivity index (χ0n) is 17.3. The Morgan fingerprint density at radius 1 is 0.929 bits per heavy atom. The van der Waals surface area contributed by atoms with E-state index in [1.165, 1.54) is 0 Å². The second kappa shape index (κ2) is 11.3. The van der Waals surface area contributed by atoms with E-state index in [9.17, 15) is 4.79 Å². The molecule has 0 radical (unpaired) electrons. The highest BCUT2D eigenvalue weighted by atomic mass is 16.5. The molecule has 2 rings (SSSR count). The number of amides is 1.